The molecule has 0 spiro atoms. The maximum Gasteiger partial charge on any atom is 0.320 e. The first-order chi connectivity index (χ1) is 5.54. The first-order valence-electron chi connectivity index (χ1n) is 3.59. The first-order valence-corrected chi connectivity index (χ1v) is 3.59. The van der Waals surface area contributed by atoms with Crippen molar-refractivity contribution >= 4 is 11.8 Å². The van der Waals surface area contributed by atoms with Crippen LogP contribution in [-0.4, -0.2) is 36.1 Å². The second-order valence-electron chi connectivity index (χ2n) is 2.49. The fourth-order valence-electron chi connectivity index (χ4n) is 0.550. The minimum absolute atomic E-state index is 0.0202. The minimum atomic E-state index is -1.05. The highest BCUT2D eigenvalue weighted by Gasteiger charge is 2.10. The van der Waals surface area contributed by atoms with Gasteiger partial charge >= 0.3 is 5.97 Å². The summed E-state index contributed by atoms with van der Waals surface area (Å²) in [5.74, 6) is -1.14. The molecule has 0 saturated carbocycles. The Morgan fingerprint density at radius 3 is 2.58 bits per heavy atom. The van der Waals surface area contributed by atoms with E-state index >= 15 is 0 Å². The van der Waals surface area contributed by atoms with Crippen LogP contribution in [0, 0.1) is 0 Å². The molecule has 0 fully saturated rings. The van der Waals surface area contributed by atoms with Crippen LogP contribution in [-0.2, 0) is 14.3 Å². The zero-order chi connectivity index (χ0) is 9.56. The van der Waals surface area contributed by atoms with E-state index in [4.69, 9.17) is 15.6 Å². The molecule has 5 heteroatoms. The number of Topliss-reactive ketones (excluding diaryl/α,β-unsaturated/α-hetero) is 1. The number of nitrogens with two attached hydrogens (primary N) is 1. The molecule has 0 aliphatic heterocycles. The summed E-state index contributed by atoms with van der Waals surface area (Å²) in [5.41, 5.74) is 5.17. The zero-order valence-corrected chi connectivity index (χ0v) is 6.95. The van der Waals surface area contributed by atoms with Crippen LogP contribution in [0.3, 0.4) is 0 Å². The quantitative estimate of drug-likeness (QED) is 0.526. The fourth-order valence-corrected chi connectivity index (χ4v) is 0.550. The summed E-state index contributed by atoms with van der Waals surface area (Å²) in [6, 6.07) is -0.906. The van der Waals surface area contributed by atoms with Crippen LogP contribution in [0.4, 0.5) is 0 Å². The number of ketones is 1. The molecule has 5 nitrogen and oxygen atoms in total. The number of aliphatic carboxylic acids is 1. The van der Waals surface area contributed by atoms with E-state index in [1.54, 1.807) is 0 Å². The van der Waals surface area contributed by atoms with Crippen LogP contribution < -0.4 is 5.73 Å². The summed E-state index contributed by atoms with van der Waals surface area (Å²) in [5, 5.41) is 8.34. The maximum atomic E-state index is 10.3. The van der Waals surface area contributed by atoms with Gasteiger partial charge in [0.05, 0.1) is 0 Å². The summed E-state index contributed by atoms with van der Waals surface area (Å²) in [6.45, 7) is 1.62. The molecule has 0 aliphatic carbocycles. The molecule has 0 rings (SSSR count). The molecule has 0 heterocycles. The number of carboxylic acid groups (broad SMARTS) is 1. The van der Waals surface area contributed by atoms with E-state index in [0.29, 0.717) is 0 Å². The zero-order valence-electron chi connectivity index (χ0n) is 6.95. The van der Waals surface area contributed by atoms with Crippen LogP contribution in [0.1, 0.15) is 13.3 Å². The van der Waals surface area contributed by atoms with Gasteiger partial charge < -0.3 is 15.6 Å². The van der Waals surface area contributed by atoms with E-state index in [2.05, 4.69) is 0 Å². The largest absolute Gasteiger partial charge is 0.480 e. The Hall–Kier alpha value is -0.940. The van der Waals surface area contributed by atoms with E-state index in [1.807, 2.05) is 0 Å². The Kier molecular flexibility index (Phi) is 5.23. The summed E-state index contributed by atoms with van der Waals surface area (Å²) in [4.78, 5) is 20.5. The van der Waals surface area contributed by atoms with Gasteiger partial charge in [0.2, 0.25) is 0 Å². The van der Waals surface area contributed by atoms with Crippen molar-refractivity contribution in [2.45, 2.75) is 19.4 Å². The van der Waals surface area contributed by atoms with Crippen LogP contribution in [0.2, 0.25) is 0 Å². The van der Waals surface area contributed by atoms with Gasteiger partial charge in [0.15, 0.2) is 5.78 Å². The average molecular weight is 175 g/mol. The highest BCUT2D eigenvalue weighted by Crippen LogP contribution is 1.89. The molecule has 0 unspecified atom stereocenters. The number of carboxylic acids is 1. The van der Waals surface area contributed by atoms with Gasteiger partial charge in [-0.25, -0.2) is 0 Å². The highest BCUT2D eigenvalue weighted by atomic mass is 16.5. The summed E-state index contributed by atoms with van der Waals surface area (Å²) < 4.78 is 4.82. The van der Waals surface area contributed by atoms with Gasteiger partial charge in [-0.15, -0.1) is 0 Å². The Morgan fingerprint density at radius 2 is 2.17 bits per heavy atom. The Morgan fingerprint density at radius 1 is 1.58 bits per heavy atom. The fraction of sp³-hybridized carbons (Fsp3) is 0.714. The highest BCUT2D eigenvalue weighted by molar-refractivity contribution is 5.76. The van der Waals surface area contributed by atoms with Crippen molar-refractivity contribution < 1.29 is 19.4 Å². The summed E-state index contributed by atoms with van der Waals surface area (Å²) >= 11 is 0. The molecule has 0 aromatic carbocycles. The molecule has 0 aliphatic rings. The van der Waals surface area contributed by atoms with Crippen molar-refractivity contribution in [3.05, 3.63) is 0 Å². The molecular weight excluding hydrogens is 162 g/mol. The second kappa shape index (κ2) is 5.68. The molecular formula is C7H13NO4. The third-order valence-electron chi connectivity index (χ3n) is 1.20. The Bertz CT molecular complexity index is 169. The summed E-state index contributed by atoms with van der Waals surface area (Å²) in [6.07, 6.45) is 0.225. The predicted octanol–water partition coefficient (Wildman–Crippen LogP) is -0.606. The number of ether oxygens (including phenoxy) is 1. The Labute approximate surface area is 70.5 Å². The van der Waals surface area contributed by atoms with E-state index in [9.17, 15) is 9.59 Å². The van der Waals surface area contributed by atoms with Gasteiger partial charge in [-0.1, -0.05) is 0 Å². The molecule has 1 atom stereocenters. The SMILES string of the molecule is CC(=O)COCC[C@H](N)C(=O)O. The molecule has 0 saturated heterocycles. The average Bonchev–Trinajstić information content (AvgIpc) is 1.97. The van der Waals surface area contributed by atoms with Crippen molar-refractivity contribution in [1.82, 2.24) is 0 Å². The van der Waals surface area contributed by atoms with E-state index in [-0.39, 0.29) is 25.4 Å². The lowest BCUT2D eigenvalue weighted by Gasteiger charge is -2.05. The van der Waals surface area contributed by atoms with Crippen LogP contribution in [0.5, 0.6) is 0 Å². The minimum Gasteiger partial charge on any atom is -0.480 e. The number of carbonyl (C=O) groups excluding carboxylic acids is 1. The van der Waals surface area contributed by atoms with Gasteiger partial charge in [-0.3, -0.25) is 9.59 Å². The van der Waals surface area contributed by atoms with E-state index < -0.39 is 12.0 Å². The van der Waals surface area contributed by atoms with Gasteiger partial charge in [0, 0.05) is 6.61 Å². The second-order valence-corrected chi connectivity index (χ2v) is 2.49. The lowest BCUT2D eigenvalue weighted by atomic mass is 10.2. The molecule has 12 heavy (non-hydrogen) atoms. The van der Waals surface area contributed by atoms with Gasteiger partial charge in [-0.2, -0.15) is 0 Å². The summed E-state index contributed by atoms with van der Waals surface area (Å²) in [7, 11) is 0. The third kappa shape index (κ3) is 5.82. The molecule has 0 bridgehead atoms. The molecule has 70 valence electrons. The Balaban J connectivity index is 3.31. The van der Waals surface area contributed by atoms with Gasteiger partial charge in [0.1, 0.15) is 12.6 Å². The standard InChI is InChI=1S/C7H13NO4/c1-5(9)4-12-3-2-6(8)7(10)11/h6H,2-4,8H2,1H3,(H,10,11)/t6-/m0/s1. The van der Waals surface area contributed by atoms with Crippen LogP contribution in [0.25, 0.3) is 0 Å². The van der Waals surface area contributed by atoms with E-state index in [0.717, 1.165) is 0 Å². The molecule has 0 aromatic rings. The van der Waals surface area contributed by atoms with E-state index in [1.165, 1.54) is 6.92 Å². The number of carbonyl (C=O) groups is 2. The van der Waals surface area contributed by atoms with Crippen molar-refractivity contribution in [2.24, 2.45) is 5.73 Å². The lowest BCUT2D eigenvalue weighted by molar-refractivity contribution is -0.139. The van der Waals surface area contributed by atoms with Crippen LogP contribution >= 0.6 is 0 Å². The molecule has 3 N–H and O–H groups in total. The van der Waals surface area contributed by atoms with Crippen LogP contribution in [0.15, 0.2) is 0 Å². The van der Waals surface area contributed by atoms with Crippen molar-refractivity contribution in [3.8, 4) is 0 Å². The number of rotatable bonds is 6. The van der Waals surface area contributed by atoms with Crippen molar-refractivity contribution in [1.29, 1.82) is 0 Å². The molecule has 0 aromatic heterocycles. The molecule has 0 radical (unpaired) electrons. The monoisotopic (exact) mass is 175 g/mol. The van der Waals surface area contributed by atoms with Crippen molar-refractivity contribution in [3.63, 3.8) is 0 Å². The first kappa shape index (κ1) is 11.1. The predicted molar refractivity (Wildman–Crippen MR) is 41.7 cm³/mol. The lowest BCUT2D eigenvalue weighted by Crippen LogP contribution is -2.31. The van der Waals surface area contributed by atoms with Crippen molar-refractivity contribution in [2.75, 3.05) is 13.2 Å². The number of hydrogen-bond acceptors (Lipinski definition) is 4. The normalized spacial score (nSPS) is 12.5. The van der Waals surface area contributed by atoms with Gasteiger partial charge in [0.25, 0.3) is 0 Å². The smallest absolute Gasteiger partial charge is 0.320 e. The topological polar surface area (TPSA) is 89.6 Å². The molecule has 0 amide bonds. The maximum absolute atomic E-state index is 10.3. The number of hydrogen-bond donors (Lipinski definition) is 2. The van der Waals surface area contributed by atoms with Gasteiger partial charge in [-0.05, 0) is 13.3 Å². The third-order valence-corrected chi connectivity index (χ3v) is 1.20.